The lowest BCUT2D eigenvalue weighted by atomic mass is 10.1. The van der Waals surface area contributed by atoms with Gasteiger partial charge in [-0.05, 0) is 6.07 Å². The molecule has 100 valence electrons. The fraction of sp³-hybridized carbons (Fsp3) is 0. The number of nitrogens with one attached hydrogen (secondary N) is 1. The number of benzene rings is 2. The number of aromatic carboxylic acids is 1. The Bertz CT molecular complexity index is 812. The number of carboxylic acid groups (broad SMARTS) is 1. The first-order chi connectivity index (χ1) is 9.58. The summed E-state index contributed by atoms with van der Waals surface area (Å²) in [5, 5.41) is 9.11. The van der Waals surface area contributed by atoms with Crippen LogP contribution in [0.4, 0.5) is 5.69 Å². The van der Waals surface area contributed by atoms with Crippen molar-refractivity contribution >= 4 is 34.3 Å². The van der Waals surface area contributed by atoms with E-state index in [1.165, 1.54) is 6.07 Å². The van der Waals surface area contributed by atoms with Crippen LogP contribution in [0.25, 0.3) is 22.4 Å². The summed E-state index contributed by atoms with van der Waals surface area (Å²) in [5.74, 6) is -0.509. The van der Waals surface area contributed by atoms with Crippen LogP contribution in [0.5, 0.6) is 0 Å². The zero-order chi connectivity index (χ0) is 14.3. The molecule has 0 amide bonds. The lowest BCUT2D eigenvalue weighted by molar-refractivity contribution is 0.0697. The molecule has 5 nitrogen and oxygen atoms in total. The number of nitrogens with zero attached hydrogens (tertiary/aromatic N) is 1. The molecule has 1 aromatic heterocycles. The zero-order valence-electron chi connectivity index (χ0n) is 10.2. The van der Waals surface area contributed by atoms with Crippen molar-refractivity contribution in [2.75, 3.05) is 5.73 Å². The minimum atomic E-state index is -1.13. The molecule has 0 aliphatic rings. The van der Waals surface area contributed by atoms with Gasteiger partial charge in [-0.1, -0.05) is 41.9 Å². The summed E-state index contributed by atoms with van der Waals surface area (Å²) in [5.41, 5.74) is 7.90. The maximum absolute atomic E-state index is 11.1. The maximum atomic E-state index is 11.1. The Balaban J connectivity index is 2.26. The summed E-state index contributed by atoms with van der Waals surface area (Å²) in [4.78, 5) is 18.6. The number of aromatic amines is 1. The Morgan fingerprint density at radius 2 is 2.00 bits per heavy atom. The highest BCUT2D eigenvalue weighted by molar-refractivity contribution is 6.37. The highest BCUT2D eigenvalue weighted by Gasteiger charge is 2.17. The van der Waals surface area contributed by atoms with Crippen LogP contribution < -0.4 is 5.73 Å². The lowest BCUT2D eigenvalue weighted by Gasteiger charge is -2.02. The minimum Gasteiger partial charge on any atom is -0.478 e. The monoisotopic (exact) mass is 287 g/mol. The molecule has 0 spiro atoms. The Labute approximate surface area is 119 Å². The van der Waals surface area contributed by atoms with E-state index in [1.807, 2.05) is 30.3 Å². The Morgan fingerprint density at radius 1 is 1.30 bits per heavy atom. The predicted molar refractivity (Wildman–Crippen MR) is 77.9 cm³/mol. The van der Waals surface area contributed by atoms with E-state index in [1.54, 1.807) is 0 Å². The van der Waals surface area contributed by atoms with Gasteiger partial charge in [0.15, 0.2) is 0 Å². The molecule has 0 aliphatic heterocycles. The van der Waals surface area contributed by atoms with Crippen molar-refractivity contribution in [1.82, 2.24) is 9.97 Å². The molecule has 3 aromatic rings. The smallest absolute Gasteiger partial charge is 0.337 e. The molecule has 0 radical (unpaired) electrons. The molecule has 6 heteroatoms. The third-order valence-corrected chi connectivity index (χ3v) is 3.43. The molecule has 3 rings (SSSR count). The van der Waals surface area contributed by atoms with Crippen molar-refractivity contribution in [2.45, 2.75) is 0 Å². The number of halogens is 1. The minimum absolute atomic E-state index is 0.0103. The molecule has 4 N–H and O–H groups in total. The van der Waals surface area contributed by atoms with Crippen molar-refractivity contribution in [2.24, 2.45) is 0 Å². The summed E-state index contributed by atoms with van der Waals surface area (Å²) < 4.78 is 0. The van der Waals surface area contributed by atoms with Crippen LogP contribution in [0.2, 0.25) is 5.02 Å². The van der Waals surface area contributed by atoms with Gasteiger partial charge in [0.05, 0.1) is 21.8 Å². The van der Waals surface area contributed by atoms with E-state index in [0.29, 0.717) is 16.9 Å². The fourth-order valence-corrected chi connectivity index (χ4v) is 2.27. The molecular weight excluding hydrogens is 278 g/mol. The lowest BCUT2D eigenvalue weighted by Crippen LogP contribution is -2.00. The van der Waals surface area contributed by atoms with Crippen LogP contribution in [0.3, 0.4) is 0 Å². The zero-order valence-corrected chi connectivity index (χ0v) is 11.0. The summed E-state index contributed by atoms with van der Waals surface area (Å²) in [7, 11) is 0. The van der Waals surface area contributed by atoms with Gasteiger partial charge in [0, 0.05) is 5.56 Å². The second-order valence-electron chi connectivity index (χ2n) is 4.30. The number of carbonyl (C=O) groups is 1. The summed E-state index contributed by atoms with van der Waals surface area (Å²) in [6.07, 6.45) is 0. The molecular formula is C14H10ClN3O2. The van der Waals surface area contributed by atoms with Crippen molar-refractivity contribution in [1.29, 1.82) is 0 Å². The molecule has 0 fully saturated rings. The van der Waals surface area contributed by atoms with E-state index in [9.17, 15) is 4.79 Å². The number of nitrogens with two attached hydrogens (primary N) is 1. The van der Waals surface area contributed by atoms with Crippen molar-refractivity contribution in [3.63, 3.8) is 0 Å². The van der Waals surface area contributed by atoms with E-state index in [4.69, 9.17) is 22.4 Å². The molecule has 0 atom stereocenters. The van der Waals surface area contributed by atoms with Crippen LogP contribution >= 0.6 is 11.6 Å². The largest absolute Gasteiger partial charge is 0.478 e. The summed E-state index contributed by atoms with van der Waals surface area (Å²) >= 11 is 5.96. The Kier molecular flexibility index (Phi) is 2.84. The first-order valence-electron chi connectivity index (χ1n) is 5.84. The van der Waals surface area contributed by atoms with Crippen LogP contribution in [-0.4, -0.2) is 21.0 Å². The maximum Gasteiger partial charge on any atom is 0.337 e. The highest BCUT2D eigenvalue weighted by Crippen LogP contribution is 2.32. The molecule has 0 aliphatic carbocycles. The number of rotatable bonds is 2. The number of imidazole rings is 1. The van der Waals surface area contributed by atoms with Crippen LogP contribution in [0.1, 0.15) is 10.4 Å². The van der Waals surface area contributed by atoms with Gasteiger partial charge in [0.25, 0.3) is 0 Å². The van der Waals surface area contributed by atoms with Gasteiger partial charge in [-0.3, -0.25) is 0 Å². The Morgan fingerprint density at radius 3 is 2.65 bits per heavy atom. The number of hydrogen-bond acceptors (Lipinski definition) is 3. The number of carboxylic acids is 1. The fourth-order valence-electron chi connectivity index (χ4n) is 2.04. The highest BCUT2D eigenvalue weighted by atomic mass is 35.5. The number of nitrogen functional groups attached to an aromatic ring is 1. The average molecular weight is 288 g/mol. The third kappa shape index (κ3) is 1.88. The van der Waals surface area contributed by atoms with Crippen molar-refractivity contribution < 1.29 is 9.90 Å². The molecule has 0 saturated carbocycles. The molecule has 2 aromatic carbocycles. The van der Waals surface area contributed by atoms with Gasteiger partial charge in [-0.2, -0.15) is 0 Å². The van der Waals surface area contributed by atoms with E-state index >= 15 is 0 Å². The molecule has 20 heavy (non-hydrogen) atoms. The van der Waals surface area contributed by atoms with E-state index in [-0.39, 0.29) is 16.3 Å². The van der Waals surface area contributed by atoms with Crippen LogP contribution in [0.15, 0.2) is 36.4 Å². The number of fused-ring (bicyclic) bond motifs is 1. The quantitative estimate of drug-likeness (QED) is 0.631. The standard InChI is InChI=1S/C14H10ClN3O2/c15-10-8(14(19)20)6-9-12(11(10)16)18-13(17-9)7-4-2-1-3-5-7/h1-6H,16H2,(H,17,18)(H,19,20). The van der Waals surface area contributed by atoms with Gasteiger partial charge in [-0.15, -0.1) is 0 Å². The second kappa shape index (κ2) is 4.54. The predicted octanol–water partition coefficient (Wildman–Crippen LogP) is 3.16. The van der Waals surface area contributed by atoms with Gasteiger partial charge >= 0.3 is 5.97 Å². The van der Waals surface area contributed by atoms with Gasteiger partial charge in [0.2, 0.25) is 0 Å². The molecule has 0 bridgehead atoms. The van der Waals surface area contributed by atoms with Gasteiger partial charge in [0.1, 0.15) is 11.3 Å². The SMILES string of the molecule is Nc1c(Cl)c(C(=O)O)cc2[nH]c(-c3ccccc3)nc12. The molecule has 0 saturated heterocycles. The average Bonchev–Trinajstić information content (AvgIpc) is 2.88. The van der Waals surface area contributed by atoms with E-state index < -0.39 is 5.97 Å². The van der Waals surface area contributed by atoms with Crippen LogP contribution in [-0.2, 0) is 0 Å². The van der Waals surface area contributed by atoms with Crippen molar-refractivity contribution in [3.05, 3.63) is 47.0 Å². The first-order valence-corrected chi connectivity index (χ1v) is 6.22. The molecule has 0 unspecified atom stereocenters. The topological polar surface area (TPSA) is 92.0 Å². The normalized spacial score (nSPS) is 10.8. The number of H-pyrrole nitrogens is 1. The first kappa shape index (κ1) is 12.5. The van der Waals surface area contributed by atoms with E-state index in [2.05, 4.69) is 9.97 Å². The third-order valence-electron chi connectivity index (χ3n) is 3.03. The number of aromatic nitrogens is 2. The number of anilines is 1. The number of hydrogen-bond donors (Lipinski definition) is 3. The Hall–Kier alpha value is -2.53. The molecule has 1 heterocycles. The van der Waals surface area contributed by atoms with E-state index in [0.717, 1.165) is 5.56 Å². The second-order valence-corrected chi connectivity index (χ2v) is 4.68. The van der Waals surface area contributed by atoms with Gasteiger partial charge < -0.3 is 15.8 Å². The van der Waals surface area contributed by atoms with Gasteiger partial charge in [-0.25, -0.2) is 9.78 Å². The summed E-state index contributed by atoms with van der Waals surface area (Å²) in [6.45, 7) is 0. The van der Waals surface area contributed by atoms with Crippen molar-refractivity contribution in [3.8, 4) is 11.4 Å². The van der Waals surface area contributed by atoms with Crippen LogP contribution in [0, 0.1) is 0 Å². The summed E-state index contributed by atoms with van der Waals surface area (Å²) in [6, 6.07) is 10.9.